The third-order valence-corrected chi connectivity index (χ3v) is 6.10. The molecule has 2 aliphatic rings. The molecular weight excluding hydrogens is 406 g/mol. The first-order valence-corrected chi connectivity index (χ1v) is 10.3. The number of hydrogen-bond acceptors (Lipinski definition) is 5. The third-order valence-electron chi connectivity index (χ3n) is 6.10. The highest BCUT2D eigenvalue weighted by molar-refractivity contribution is 5.77. The molecule has 0 bridgehead atoms. The van der Waals surface area contributed by atoms with E-state index in [1.54, 1.807) is 13.2 Å². The van der Waals surface area contributed by atoms with E-state index in [-0.39, 0.29) is 37.7 Å². The lowest BCUT2D eigenvalue weighted by molar-refractivity contribution is -0.122. The van der Waals surface area contributed by atoms with Crippen molar-refractivity contribution in [2.45, 2.75) is 31.0 Å². The molecule has 1 spiro atoms. The molecule has 2 N–H and O–H groups in total. The molecule has 8 heteroatoms. The molecule has 31 heavy (non-hydrogen) atoms. The van der Waals surface area contributed by atoms with E-state index in [0.717, 1.165) is 5.56 Å². The van der Waals surface area contributed by atoms with Crippen molar-refractivity contribution in [1.29, 1.82) is 0 Å². The van der Waals surface area contributed by atoms with Gasteiger partial charge in [0.25, 0.3) is 0 Å². The molecule has 2 aliphatic heterocycles. The van der Waals surface area contributed by atoms with E-state index in [2.05, 4.69) is 10.2 Å². The molecule has 4 rings (SSSR count). The zero-order valence-electron chi connectivity index (χ0n) is 17.4. The van der Waals surface area contributed by atoms with Crippen LogP contribution in [0.3, 0.4) is 0 Å². The van der Waals surface area contributed by atoms with Gasteiger partial charge in [0.2, 0.25) is 5.91 Å². The fraction of sp³-hybridized carbons (Fsp3) is 0.435. The zero-order valence-corrected chi connectivity index (χ0v) is 17.4. The van der Waals surface area contributed by atoms with Crippen LogP contribution in [0, 0.1) is 11.6 Å². The number of likely N-dealkylation sites (tertiary alicyclic amines) is 1. The van der Waals surface area contributed by atoms with Gasteiger partial charge in [0.05, 0.1) is 32.5 Å². The van der Waals surface area contributed by atoms with Gasteiger partial charge in [-0.2, -0.15) is 0 Å². The maximum absolute atomic E-state index is 14.7. The molecule has 0 aromatic heterocycles. The first-order chi connectivity index (χ1) is 15.0. The number of benzene rings is 2. The smallest absolute Gasteiger partial charge is 0.222 e. The first-order valence-electron chi connectivity index (χ1n) is 10.3. The average Bonchev–Trinajstić information content (AvgIpc) is 2.95. The van der Waals surface area contributed by atoms with Crippen LogP contribution in [0.1, 0.15) is 29.0 Å². The molecule has 2 heterocycles. The van der Waals surface area contributed by atoms with Crippen LogP contribution < -0.4 is 10.1 Å². The lowest BCUT2D eigenvalue weighted by Crippen LogP contribution is -2.55. The van der Waals surface area contributed by atoms with Crippen molar-refractivity contribution in [2.24, 2.45) is 0 Å². The molecule has 1 amide bonds. The van der Waals surface area contributed by atoms with Crippen molar-refractivity contribution in [2.75, 3.05) is 33.4 Å². The zero-order chi connectivity index (χ0) is 22.0. The minimum absolute atomic E-state index is 0.0263. The van der Waals surface area contributed by atoms with Gasteiger partial charge in [-0.05, 0) is 29.8 Å². The number of methoxy groups -OCH3 is 1. The first kappa shape index (κ1) is 21.7. The van der Waals surface area contributed by atoms with E-state index in [1.807, 2.05) is 12.1 Å². The van der Waals surface area contributed by atoms with Gasteiger partial charge in [-0.3, -0.25) is 9.69 Å². The normalized spacial score (nSPS) is 24.3. The Bertz CT molecular complexity index is 950. The van der Waals surface area contributed by atoms with Gasteiger partial charge >= 0.3 is 0 Å². The van der Waals surface area contributed by atoms with E-state index < -0.39 is 23.1 Å². The summed E-state index contributed by atoms with van der Waals surface area (Å²) in [6.45, 7) is 1.52. The van der Waals surface area contributed by atoms with E-state index in [4.69, 9.17) is 9.47 Å². The summed E-state index contributed by atoms with van der Waals surface area (Å²) in [5.41, 5.74) is 0.636. The molecule has 2 fully saturated rings. The fourth-order valence-electron chi connectivity index (χ4n) is 4.72. The number of ether oxygens (including phenoxy) is 2. The predicted octanol–water partition coefficient (Wildman–Crippen LogP) is 2.34. The second kappa shape index (κ2) is 8.90. The predicted molar refractivity (Wildman–Crippen MR) is 110 cm³/mol. The summed E-state index contributed by atoms with van der Waals surface area (Å²) in [4.78, 5) is 14.4. The van der Waals surface area contributed by atoms with Gasteiger partial charge in [0, 0.05) is 43.1 Å². The van der Waals surface area contributed by atoms with Crippen LogP contribution in [-0.2, 0) is 22.7 Å². The highest BCUT2D eigenvalue weighted by Gasteiger charge is 2.51. The molecule has 0 radical (unpaired) electrons. The maximum atomic E-state index is 14.7. The van der Waals surface area contributed by atoms with Crippen LogP contribution in [-0.4, -0.2) is 54.9 Å². The molecule has 2 saturated heterocycles. The van der Waals surface area contributed by atoms with Crippen LogP contribution in [0.5, 0.6) is 5.75 Å². The summed E-state index contributed by atoms with van der Waals surface area (Å²) in [6.07, 6.45) is 0.215. The van der Waals surface area contributed by atoms with Crippen molar-refractivity contribution in [3.63, 3.8) is 0 Å². The summed E-state index contributed by atoms with van der Waals surface area (Å²) in [5.74, 6) is -1.45. The van der Waals surface area contributed by atoms with Crippen LogP contribution in [0.15, 0.2) is 36.4 Å². The van der Waals surface area contributed by atoms with Crippen molar-refractivity contribution in [3.05, 3.63) is 64.7 Å². The van der Waals surface area contributed by atoms with Gasteiger partial charge in [0.1, 0.15) is 17.4 Å². The van der Waals surface area contributed by atoms with E-state index in [9.17, 15) is 18.7 Å². The molecular formula is C23H26F2N2O4. The monoisotopic (exact) mass is 432 g/mol. The summed E-state index contributed by atoms with van der Waals surface area (Å²) in [6, 6.07) is 9.35. The Morgan fingerprint density at radius 3 is 2.77 bits per heavy atom. The van der Waals surface area contributed by atoms with Crippen LogP contribution >= 0.6 is 0 Å². The number of aliphatic hydroxyl groups excluding tert-OH is 1. The third kappa shape index (κ3) is 4.28. The summed E-state index contributed by atoms with van der Waals surface area (Å²) in [5, 5.41) is 12.6. The minimum atomic E-state index is -0.928. The SMILES string of the molecule is COc1ccc(CN2C[C@@H](c3c(F)cccc3F)[C@@]3(COCCC(=O)N3)C2)cc1CO. The highest BCUT2D eigenvalue weighted by atomic mass is 19.1. The highest BCUT2D eigenvalue weighted by Crippen LogP contribution is 2.40. The number of nitrogens with zero attached hydrogens (tertiary/aromatic N) is 1. The minimum Gasteiger partial charge on any atom is -0.496 e. The molecule has 0 aliphatic carbocycles. The van der Waals surface area contributed by atoms with Crippen molar-refractivity contribution < 1.29 is 28.2 Å². The van der Waals surface area contributed by atoms with Crippen LogP contribution in [0.25, 0.3) is 0 Å². The number of hydrogen-bond donors (Lipinski definition) is 2. The lowest BCUT2D eigenvalue weighted by Gasteiger charge is -2.34. The molecule has 0 saturated carbocycles. The van der Waals surface area contributed by atoms with Gasteiger partial charge < -0.3 is 19.9 Å². The Labute approximate surface area is 179 Å². The number of aliphatic hydroxyl groups is 1. The number of amides is 1. The Morgan fingerprint density at radius 2 is 2.06 bits per heavy atom. The van der Waals surface area contributed by atoms with Gasteiger partial charge in [-0.15, -0.1) is 0 Å². The van der Waals surface area contributed by atoms with Crippen molar-refractivity contribution >= 4 is 5.91 Å². The summed E-state index contributed by atoms with van der Waals surface area (Å²) in [7, 11) is 1.54. The van der Waals surface area contributed by atoms with Gasteiger partial charge in [-0.1, -0.05) is 12.1 Å². The quantitative estimate of drug-likeness (QED) is 0.759. The number of rotatable bonds is 5. The molecule has 0 unspecified atom stereocenters. The Hall–Kier alpha value is -2.55. The number of halogens is 2. The van der Waals surface area contributed by atoms with Crippen molar-refractivity contribution in [1.82, 2.24) is 10.2 Å². The molecule has 2 aromatic rings. The second-order valence-electron chi connectivity index (χ2n) is 8.17. The molecule has 2 atom stereocenters. The lowest BCUT2D eigenvalue weighted by atomic mass is 9.81. The Kier molecular flexibility index (Phi) is 6.22. The largest absolute Gasteiger partial charge is 0.496 e. The second-order valence-corrected chi connectivity index (χ2v) is 8.17. The van der Waals surface area contributed by atoms with E-state index in [1.165, 1.54) is 18.2 Å². The maximum Gasteiger partial charge on any atom is 0.222 e. The average molecular weight is 432 g/mol. The molecule has 2 aromatic carbocycles. The number of carbonyl (C=O) groups excluding carboxylic acids is 1. The Balaban J connectivity index is 1.67. The Morgan fingerprint density at radius 1 is 1.29 bits per heavy atom. The standard InChI is InChI=1S/C23H26F2N2O4/c1-30-20-6-5-15(9-16(20)12-28)10-27-11-17(22-18(24)3-2-4-19(22)25)23(13-27)14-31-8-7-21(29)26-23/h2-6,9,17,28H,7-8,10-14H2,1H3,(H,26,29)/t17-,23-/m0/s1. The summed E-state index contributed by atoms with van der Waals surface area (Å²) >= 11 is 0. The fourth-order valence-corrected chi connectivity index (χ4v) is 4.72. The summed E-state index contributed by atoms with van der Waals surface area (Å²) < 4.78 is 40.4. The van der Waals surface area contributed by atoms with Crippen LogP contribution in [0.2, 0.25) is 0 Å². The van der Waals surface area contributed by atoms with Crippen molar-refractivity contribution in [3.8, 4) is 5.75 Å². The van der Waals surface area contributed by atoms with Gasteiger partial charge in [0.15, 0.2) is 0 Å². The van der Waals surface area contributed by atoms with Crippen LogP contribution in [0.4, 0.5) is 8.78 Å². The van der Waals surface area contributed by atoms with E-state index >= 15 is 0 Å². The number of nitrogens with one attached hydrogen (secondary N) is 1. The van der Waals surface area contributed by atoms with Gasteiger partial charge in [-0.25, -0.2) is 8.78 Å². The number of carbonyl (C=O) groups is 1. The molecule has 6 nitrogen and oxygen atoms in total. The molecule has 166 valence electrons. The topological polar surface area (TPSA) is 71.0 Å². The van der Waals surface area contributed by atoms with E-state index in [0.29, 0.717) is 30.9 Å².